The van der Waals surface area contributed by atoms with Gasteiger partial charge in [-0.05, 0) is 30.7 Å². The Labute approximate surface area is 160 Å². The number of nitrogens with zero attached hydrogens (tertiary/aromatic N) is 1. The van der Waals surface area contributed by atoms with E-state index in [0.29, 0.717) is 5.56 Å². The average molecular weight is 415 g/mol. The highest BCUT2D eigenvalue weighted by molar-refractivity contribution is 9.10. The summed E-state index contributed by atoms with van der Waals surface area (Å²) in [5.41, 5.74) is 2.37. The number of carbonyl (C=O) groups excluding carboxylic acids is 2. The highest BCUT2D eigenvalue weighted by Crippen LogP contribution is 2.21. The highest BCUT2D eigenvalue weighted by atomic mass is 79.9. The summed E-state index contributed by atoms with van der Waals surface area (Å²) >= 11 is 3.38. The lowest BCUT2D eigenvalue weighted by Crippen LogP contribution is -2.31. The molecule has 3 rings (SSSR count). The molecule has 26 heavy (non-hydrogen) atoms. The molecule has 0 bridgehead atoms. The predicted molar refractivity (Wildman–Crippen MR) is 104 cm³/mol. The van der Waals surface area contributed by atoms with Crippen molar-refractivity contribution < 1.29 is 14.3 Å². The van der Waals surface area contributed by atoms with Crippen LogP contribution in [0, 0.1) is 0 Å². The monoisotopic (exact) mass is 414 g/mol. The Bertz CT molecular complexity index is 947. The minimum Gasteiger partial charge on any atom is -0.452 e. The van der Waals surface area contributed by atoms with Crippen LogP contribution < -0.4 is 5.32 Å². The molecule has 1 amide bonds. The third-order valence-electron chi connectivity index (χ3n) is 4.20. The van der Waals surface area contributed by atoms with Gasteiger partial charge in [0.15, 0.2) is 6.61 Å². The number of hydrogen-bond donors (Lipinski definition) is 1. The molecule has 0 radical (unpaired) electrons. The van der Waals surface area contributed by atoms with E-state index in [2.05, 4.69) is 21.2 Å². The van der Waals surface area contributed by atoms with Crippen LogP contribution in [-0.2, 0) is 16.6 Å². The zero-order chi connectivity index (χ0) is 18.7. The van der Waals surface area contributed by atoms with Crippen LogP contribution in [0.25, 0.3) is 10.9 Å². The lowest BCUT2D eigenvalue weighted by atomic mass is 10.1. The van der Waals surface area contributed by atoms with Gasteiger partial charge in [0.2, 0.25) is 0 Å². The first-order valence-electron chi connectivity index (χ1n) is 8.21. The maximum atomic E-state index is 12.3. The molecule has 1 N–H and O–H groups in total. The number of nitrogens with one attached hydrogen (secondary N) is 1. The van der Waals surface area contributed by atoms with Crippen LogP contribution in [-0.4, -0.2) is 23.1 Å². The minimum absolute atomic E-state index is 0.174. The number of esters is 1. The molecule has 2 aromatic carbocycles. The minimum atomic E-state index is -0.506. The van der Waals surface area contributed by atoms with Gasteiger partial charge in [-0.3, -0.25) is 4.79 Å². The number of carbonyl (C=O) groups is 2. The van der Waals surface area contributed by atoms with Gasteiger partial charge < -0.3 is 14.6 Å². The number of aromatic nitrogens is 1. The van der Waals surface area contributed by atoms with Gasteiger partial charge in [-0.1, -0.05) is 46.3 Å². The topological polar surface area (TPSA) is 60.3 Å². The summed E-state index contributed by atoms with van der Waals surface area (Å²) in [7, 11) is 1.87. The van der Waals surface area contributed by atoms with E-state index in [0.717, 1.165) is 20.9 Å². The zero-order valence-electron chi connectivity index (χ0n) is 14.5. The maximum Gasteiger partial charge on any atom is 0.340 e. The van der Waals surface area contributed by atoms with Crippen molar-refractivity contribution in [3.8, 4) is 0 Å². The summed E-state index contributed by atoms with van der Waals surface area (Å²) in [4.78, 5) is 24.4. The predicted octanol–water partition coefficient (Wildman–Crippen LogP) is 3.98. The third kappa shape index (κ3) is 3.96. The molecule has 0 saturated carbocycles. The fourth-order valence-corrected chi connectivity index (χ4v) is 3.10. The van der Waals surface area contributed by atoms with Crippen LogP contribution in [0.15, 0.2) is 59.2 Å². The molecule has 1 atom stereocenters. The van der Waals surface area contributed by atoms with Gasteiger partial charge in [-0.2, -0.15) is 0 Å². The van der Waals surface area contributed by atoms with E-state index in [9.17, 15) is 9.59 Å². The number of rotatable bonds is 5. The standard InChI is InChI=1S/C20H19BrN2O3/c1-13(14-7-9-15(21)10-8-14)22-19(24)12-26-20(25)17-11-23(2)18-6-4-3-5-16(17)18/h3-11,13H,12H2,1-2H3,(H,22,24). The molecule has 0 aliphatic heterocycles. The number of halogens is 1. The summed E-state index contributed by atoms with van der Waals surface area (Å²) in [6.07, 6.45) is 1.72. The molecule has 5 nitrogen and oxygen atoms in total. The van der Waals surface area contributed by atoms with Gasteiger partial charge in [-0.25, -0.2) is 4.79 Å². The second-order valence-electron chi connectivity index (χ2n) is 6.09. The van der Waals surface area contributed by atoms with Crippen LogP contribution in [0.1, 0.15) is 28.9 Å². The summed E-state index contributed by atoms with van der Waals surface area (Å²) in [5.74, 6) is -0.845. The van der Waals surface area contributed by atoms with Crippen molar-refractivity contribution in [1.82, 2.24) is 9.88 Å². The Morgan fingerprint density at radius 3 is 2.58 bits per heavy atom. The van der Waals surface area contributed by atoms with Crippen molar-refractivity contribution >= 4 is 38.7 Å². The Kier molecular flexibility index (Phi) is 5.42. The second-order valence-corrected chi connectivity index (χ2v) is 7.00. The summed E-state index contributed by atoms with van der Waals surface area (Å²) in [5, 5.41) is 3.64. The van der Waals surface area contributed by atoms with E-state index in [1.807, 2.05) is 67.1 Å². The van der Waals surface area contributed by atoms with Crippen molar-refractivity contribution in [2.75, 3.05) is 6.61 Å². The third-order valence-corrected chi connectivity index (χ3v) is 4.73. The van der Waals surface area contributed by atoms with Crippen LogP contribution in [0.3, 0.4) is 0 Å². The van der Waals surface area contributed by atoms with E-state index in [4.69, 9.17) is 4.74 Å². The van der Waals surface area contributed by atoms with Gasteiger partial charge in [-0.15, -0.1) is 0 Å². The summed E-state index contributed by atoms with van der Waals surface area (Å²) < 4.78 is 8.03. The number of ether oxygens (including phenoxy) is 1. The fraction of sp³-hybridized carbons (Fsp3) is 0.200. The fourth-order valence-electron chi connectivity index (χ4n) is 2.83. The van der Waals surface area contributed by atoms with Crippen LogP contribution in [0.5, 0.6) is 0 Å². The van der Waals surface area contributed by atoms with Crippen LogP contribution in [0.2, 0.25) is 0 Å². The first kappa shape index (κ1) is 18.2. The van der Waals surface area contributed by atoms with Crippen LogP contribution >= 0.6 is 15.9 Å². The molecule has 1 heterocycles. The quantitative estimate of drug-likeness (QED) is 0.642. The van der Waals surface area contributed by atoms with E-state index in [1.54, 1.807) is 6.20 Å². The van der Waals surface area contributed by atoms with Crippen molar-refractivity contribution in [2.45, 2.75) is 13.0 Å². The van der Waals surface area contributed by atoms with Crippen LogP contribution in [0.4, 0.5) is 0 Å². The maximum absolute atomic E-state index is 12.3. The van der Waals surface area contributed by atoms with Gasteiger partial charge >= 0.3 is 5.97 Å². The van der Waals surface area contributed by atoms with E-state index in [-0.39, 0.29) is 18.6 Å². The number of hydrogen-bond acceptors (Lipinski definition) is 3. The Balaban J connectivity index is 1.60. The Morgan fingerprint density at radius 1 is 1.15 bits per heavy atom. The normalized spacial score (nSPS) is 12.0. The molecule has 1 unspecified atom stereocenters. The number of amides is 1. The molecule has 0 aliphatic carbocycles. The number of benzene rings is 2. The van der Waals surface area contributed by atoms with Gasteiger partial charge in [0.1, 0.15) is 0 Å². The van der Waals surface area contributed by atoms with Gasteiger partial charge in [0.05, 0.1) is 11.6 Å². The second kappa shape index (κ2) is 7.74. The first-order chi connectivity index (χ1) is 12.5. The molecule has 0 fully saturated rings. The molecule has 0 saturated heterocycles. The zero-order valence-corrected chi connectivity index (χ0v) is 16.1. The molecule has 0 aliphatic rings. The van der Waals surface area contributed by atoms with Gasteiger partial charge in [0.25, 0.3) is 5.91 Å². The lowest BCUT2D eigenvalue weighted by Gasteiger charge is -2.14. The largest absolute Gasteiger partial charge is 0.452 e. The van der Waals surface area contributed by atoms with Gasteiger partial charge in [0, 0.05) is 28.6 Å². The number of para-hydroxylation sites is 1. The lowest BCUT2D eigenvalue weighted by molar-refractivity contribution is -0.124. The summed E-state index contributed by atoms with van der Waals surface area (Å²) in [6.45, 7) is 1.57. The first-order valence-corrected chi connectivity index (χ1v) is 9.01. The molecule has 3 aromatic rings. The number of aryl methyl sites for hydroxylation is 1. The highest BCUT2D eigenvalue weighted by Gasteiger charge is 2.17. The SMILES string of the molecule is CC(NC(=O)COC(=O)c1cn(C)c2ccccc12)c1ccc(Br)cc1. The molecule has 134 valence electrons. The van der Waals surface area contributed by atoms with E-state index in [1.165, 1.54) is 0 Å². The summed E-state index contributed by atoms with van der Waals surface area (Å²) in [6, 6.07) is 15.1. The molecule has 6 heteroatoms. The molecule has 0 spiro atoms. The van der Waals surface area contributed by atoms with Crippen molar-refractivity contribution in [3.05, 3.63) is 70.3 Å². The molecule has 1 aromatic heterocycles. The molecular formula is C20H19BrN2O3. The van der Waals surface area contributed by atoms with Crippen molar-refractivity contribution in [2.24, 2.45) is 7.05 Å². The van der Waals surface area contributed by atoms with E-state index < -0.39 is 5.97 Å². The van der Waals surface area contributed by atoms with Crippen molar-refractivity contribution in [3.63, 3.8) is 0 Å². The Hall–Kier alpha value is -2.60. The number of fused-ring (bicyclic) bond motifs is 1. The van der Waals surface area contributed by atoms with Crippen molar-refractivity contribution in [1.29, 1.82) is 0 Å². The smallest absolute Gasteiger partial charge is 0.340 e. The average Bonchev–Trinajstić information content (AvgIpc) is 2.97. The molecular weight excluding hydrogens is 396 g/mol. The Morgan fingerprint density at radius 2 is 1.85 bits per heavy atom. The van der Waals surface area contributed by atoms with E-state index >= 15 is 0 Å².